The third-order valence-corrected chi connectivity index (χ3v) is 1.55. The molecule has 0 radical (unpaired) electrons. The molecule has 15 heavy (non-hydrogen) atoms. The first kappa shape index (κ1) is 17.2. The molecule has 0 amide bonds. The van der Waals surface area contributed by atoms with Gasteiger partial charge in [-0.1, -0.05) is 6.92 Å². The largest absolute Gasteiger partial charge is 0.396 e. The molecule has 0 aliphatic rings. The highest BCUT2D eigenvalue weighted by Gasteiger charge is 2.04. The molecule has 0 aliphatic carbocycles. The fraction of sp³-hybridized carbons (Fsp3) is 1.00. The number of hydrogen-bond donors (Lipinski definition) is 2. The van der Waals surface area contributed by atoms with E-state index in [0.29, 0.717) is 19.8 Å². The highest BCUT2D eigenvalue weighted by molar-refractivity contribution is 4.50. The summed E-state index contributed by atoms with van der Waals surface area (Å²) in [6.45, 7) is 9.31. The first-order valence-electron chi connectivity index (χ1n) is 5.57. The number of ether oxygens (including phenoxy) is 2. The second kappa shape index (κ2) is 13.8. The Kier molecular flexibility index (Phi) is 15.9. The van der Waals surface area contributed by atoms with E-state index in [1.54, 1.807) is 0 Å². The van der Waals surface area contributed by atoms with Gasteiger partial charge in [-0.3, -0.25) is 0 Å². The van der Waals surface area contributed by atoms with Gasteiger partial charge in [-0.2, -0.15) is 0 Å². The Labute approximate surface area is 93.2 Å². The van der Waals surface area contributed by atoms with Crippen LogP contribution in [0, 0.1) is 0 Å². The zero-order valence-electron chi connectivity index (χ0n) is 10.4. The van der Waals surface area contributed by atoms with Gasteiger partial charge in [0, 0.05) is 13.2 Å². The summed E-state index contributed by atoms with van der Waals surface area (Å²) in [5.74, 6) is 0. The van der Waals surface area contributed by atoms with Crippen molar-refractivity contribution in [2.24, 2.45) is 0 Å². The SMILES string of the molecule is CCCO.CCOC(C)COC(C)CO. The molecule has 2 N–H and O–H groups in total. The van der Waals surface area contributed by atoms with E-state index in [1.807, 2.05) is 27.7 Å². The van der Waals surface area contributed by atoms with E-state index in [0.717, 1.165) is 6.42 Å². The summed E-state index contributed by atoms with van der Waals surface area (Å²) < 4.78 is 10.5. The molecule has 0 heterocycles. The van der Waals surface area contributed by atoms with Gasteiger partial charge >= 0.3 is 0 Å². The van der Waals surface area contributed by atoms with Crippen molar-refractivity contribution < 1.29 is 19.7 Å². The molecule has 2 atom stereocenters. The highest BCUT2D eigenvalue weighted by Crippen LogP contribution is 1.95. The van der Waals surface area contributed by atoms with Crippen molar-refractivity contribution in [1.82, 2.24) is 0 Å². The van der Waals surface area contributed by atoms with Crippen LogP contribution in [0.2, 0.25) is 0 Å². The van der Waals surface area contributed by atoms with Gasteiger partial charge < -0.3 is 19.7 Å². The van der Waals surface area contributed by atoms with Crippen molar-refractivity contribution in [1.29, 1.82) is 0 Å². The van der Waals surface area contributed by atoms with E-state index in [9.17, 15) is 0 Å². The monoisotopic (exact) mass is 222 g/mol. The third kappa shape index (κ3) is 16.5. The minimum absolute atomic E-state index is 0.0683. The maximum Gasteiger partial charge on any atom is 0.0780 e. The number of aliphatic hydroxyl groups is 2. The number of rotatable bonds is 7. The van der Waals surface area contributed by atoms with E-state index in [-0.39, 0.29) is 18.8 Å². The smallest absolute Gasteiger partial charge is 0.0780 e. The van der Waals surface area contributed by atoms with Crippen LogP contribution in [0.25, 0.3) is 0 Å². The molecular weight excluding hydrogens is 196 g/mol. The lowest BCUT2D eigenvalue weighted by molar-refractivity contribution is -0.0424. The molecule has 0 saturated heterocycles. The maximum absolute atomic E-state index is 8.61. The fourth-order valence-corrected chi connectivity index (χ4v) is 0.685. The summed E-state index contributed by atoms with van der Waals surface area (Å²) >= 11 is 0. The van der Waals surface area contributed by atoms with E-state index >= 15 is 0 Å². The molecule has 0 fully saturated rings. The zero-order chi connectivity index (χ0) is 12.1. The summed E-state index contributed by atoms with van der Waals surface area (Å²) in [6.07, 6.45) is 0.909. The Morgan fingerprint density at radius 1 is 1.00 bits per heavy atom. The van der Waals surface area contributed by atoms with E-state index in [1.165, 1.54) is 0 Å². The van der Waals surface area contributed by atoms with Crippen LogP contribution in [-0.4, -0.2) is 48.8 Å². The lowest BCUT2D eigenvalue weighted by Gasteiger charge is -2.14. The molecule has 0 aromatic rings. The van der Waals surface area contributed by atoms with Gasteiger partial charge in [0.2, 0.25) is 0 Å². The molecule has 0 aromatic heterocycles. The normalized spacial score (nSPS) is 14.0. The molecule has 0 aliphatic heterocycles. The van der Waals surface area contributed by atoms with Crippen LogP contribution in [-0.2, 0) is 9.47 Å². The maximum atomic E-state index is 8.61. The molecule has 0 saturated carbocycles. The van der Waals surface area contributed by atoms with Gasteiger partial charge in [0.1, 0.15) is 0 Å². The molecular formula is C11H26O4. The molecule has 0 spiro atoms. The van der Waals surface area contributed by atoms with Gasteiger partial charge in [0.25, 0.3) is 0 Å². The standard InChI is InChI=1S/C8H18O3.C3H8O/c1-4-10-8(3)6-11-7(2)5-9;1-2-3-4/h7-9H,4-6H2,1-3H3;4H,2-3H2,1H3. The van der Waals surface area contributed by atoms with Crippen molar-refractivity contribution >= 4 is 0 Å². The fourth-order valence-electron chi connectivity index (χ4n) is 0.685. The van der Waals surface area contributed by atoms with Crippen molar-refractivity contribution in [2.45, 2.75) is 46.3 Å². The molecule has 2 unspecified atom stereocenters. The van der Waals surface area contributed by atoms with E-state index in [2.05, 4.69) is 0 Å². The minimum Gasteiger partial charge on any atom is -0.396 e. The molecule has 94 valence electrons. The average molecular weight is 222 g/mol. The molecule has 0 aromatic carbocycles. The predicted molar refractivity (Wildman–Crippen MR) is 61.0 cm³/mol. The van der Waals surface area contributed by atoms with Crippen molar-refractivity contribution in [3.8, 4) is 0 Å². The highest BCUT2D eigenvalue weighted by atomic mass is 16.5. The average Bonchev–Trinajstić information content (AvgIpc) is 2.26. The topological polar surface area (TPSA) is 58.9 Å². The summed E-state index contributed by atoms with van der Waals surface area (Å²) in [6, 6.07) is 0. The zero-order valence-corrected chi connectivity index (χ0v) is 10.4. The third-order valence-electron chi connectivity index (χ3n) is 1.55. The van der Waals surface area contributed by atoms with Crippen molar-refractivity contribution in [2.75, 3.05) is 26.4 Å². The molecule has 4 nitrogen and oxygen atoms in total. The first-order chi connectivity index (χ1) is 7.12. The summed E-state index contributed by atoms with van der Waals surface area (Å²) in [5, 5.41) is 16.5. The molecule has 4 heteroatoms. The summed E-state index contributed by atoms with van der Waals surface area (Å²) in [4.78, 5) is 0. The second-order valence-electron chi connectivity index (χ2n) is 3.32. The summed E-state index contributed by atoms with van der Waals surface area (Å²) in [7, 11) is 0. The van der Waals surface area contributed by atoms with E-state index < -0.39 is 0 Å². The Morgan fingerprint density at radius 3 is 1.87 bits per heavy atom. The number of aliphatic hydroxyl groups excluding tert-OH is 2. The van der Waals surface area contributed by atoms with Crippen LogP contribution >= 0.6 is 0 Å². The number of hydrogen-bond acceptors (Lipinski definition) is 4. The Morgan fingerprint density at radius 2 is 1.53 bits per heavy atom. The van der Waals surface area contributed by atoms with Crippen molar-refractivity contribution in [3.05, 3.63) is 0 Å². The van der Waals surface area contributed by atoms with Crippen LogP contribution in [0.15, 0.2) is 0 Å². The van der Waals surface area contributed by atoms with Gasteiger partial charge in [0.05, 0.1) is 25.4 Å². The Bertz CT molecular complexity index is 107. The Hall–Kier alpha value is -0.160. The van der Waals surface area contributed by atoms with Crippen LogP contribution < -0.4 is 0 Å². The first-order valence-corrected chi connectivity index (χ1v) is 5.57. The lowest BCUT2D eigenvalue weighted by Crippen LogP contribution is -2.22. The van der Waals surface area contributed by atoms with Crippen LogP contribution in [0.3, 0.4) is 0 Å². The van der Waals surface area contributed by atoms with Gasteiger partial charge in [-0.05, 0) is 27.2 Å². The van der Waals surface area contributed by atoms with Gasteiger partial charge in [-0.25, -0.2) is 0 Å². The van der Waals surface area contributed by atoms with E-state index in [4.69, 9.17) is 19.7 Å². The van der Waals surface area contributed by atoms with Crippen LogP contribution in [0.4, 0.5) is 0 Å². The second-order valence-corrected chi connectivity index (χ2v) is 3.32. The molecule has 0 rings (SSSR count). The van der Waals surface area contributed by atoms with Crippen molar-refractivity contribution in [3.63, 3.8) is 0 Å². The minimum atomic E-state index is -0.0853. The quantitative estimate of drug-likeness (QED) is 0.679. The summed E-state index contributed by atoms with van der Waals surface area (Å²) in [5.41, 5.74) is 0. The molecule has 0 bridgehead atoms. The van der Waals surface area contributed by atoms with Crippen LogP contribution in [0.1, 0.15) is 34.1 Å². The lowest BCUT2D eigenvalue weighted by atomic mass is 10.4. The predicted octanol–water partition coefficient (Wildman–Crippen LogP) is 1.20. The Balaban J connectivity index is 0. The van der Waals surface area contributed by atoms with Gasteiger partial charge in [0.15, 0.2) is 0 Å². The van der Waals surface area contributed by atoms with Crippen LogP contribution in [0.5, 0.6) is 0 Å². The van der Waals surface area contributed by atoms with Gasteiger partial charge in [-0.15, -0.1) is 0 Å².